The van der Waals surface area contributed by atoms with Crippen LogP contribution in [0.2, 0.25) is 0 Å². The number of hydrogen-bond acceptors (Lipinski definition) is 6. The third kappa shape index (κ3) is 3.31. The maximum Gasteiger partial charge on any atom is 0.257 e. The number of carbonyl (C=O) groups is 1. The van der Waals surface area contributed by atoms with Gasteiger partial charge in [-0.2, -0.15) is 5.10 Å². The predicted octanol–water partition coefficient (Wildman–Crippen LogP) is 2.56. The molecular formula is C19H24N4O3. The molecule has 2 aromatic heterocycles. The molecule has 2 aromatic rings. The molecule has 0 radical (unpaired) electrons. The van der Waals surface area contributed by atoms with Crippen molar-refractivity contribution in [2.24, 2.45) is 0 Å². The van der Waals surface area contributed by atoms with Crippen molar-refractivity contribution in [2.75, 3.05) is 25.0 Å². The second-order valence-corrected chi connectivity index (χ2v) is 7.32. The van der Waals surface area contributed by atoms with Gasteiger partial charge in [-0.1, -0.05) is 0 Å². The van der Waals surface area contributed by atoms with Crippen LogP contribution in [0, 0.1) is 13.8 Å². The summed E-state index contributed by atoms with van der Waals surface area (Å²) >= 11 is 0. The van der Waals surface area contributed by atoms with Crippen molar-refractivity contribution in [3.05, 3.63) is 41.5 Å². The summed E-state index contributed by atoms with van der Waals surface area (Å²) in [5.74, 6) is 1.46. The molecule has 2 aliphatic rings. The minimum atomic E-state index is -0.276. The third-order valence-electron chi connectivity index (χ3n) is 5.27. The van der Waals surface area contributed by atoms with E-state index in [4.69, 9.17) is 9.15 Å². The van der Waals surface area contributed by atoms with Crippen molar-refractivity contribution < 1.29 is 13.9 Å². The van der Waals surface area contributed by atoms with Crippen LogP contribution in [0.3, 0.4) is 0 Å². The fourth-order valence-electron chi connectivity index (χ4n) is 3.96. The Labute approximate surface area is 152 Å². The molecule has 2 atom stereocenters. The van der Waals surface area contributed by atoms with E-state index in [-0.39, 0.29) is 17.6 Å². The monoisotopic (exact) mass is 356 g/mol. The van der Waals surface area contributed by atoms with Crippen molar-refractivity contribution in [2.45, 2.75) is 44.8 Å². The zero-order valence-electron chi connectivity index (χ0n) is 15.2. The van der Waals surface area contributed by atoms with Gasteiger partial charge in [0.25, 0.3) is 5.91 Å². The summed E-state index contributed by atoms with van der Waals surface area (Å²) in [6.45, 7) is 5.73. The van der Waals surface area contributed by atoms with E-state index in [1.54, 1.807) is 12.3 Å². The van der Waals surface area contributed by atoms with Crippen LogP contribution in [-0.4, -0.2) is 52.3 Å². The molecule has 0 saturated carbocycles. The van der Waals surface area contributed by atoms with Crippen LogP contribution in [0.4, 0.5) is 5.82 Å². The van der Waals surface area contributed by atoms with Crippen LogP contribution in [0.5, 0.6) is 0 Å². The molecule has 138 valence electrons. The summed E-state index contributed by atoms with van der Waals surface area (Å²) < 4.78 is 11.5. The molecule has 26 heavy (non-hydrogen) atoms. The number of rotatable bonds is 3. The van der Waals surface area contributed by atoms with Crippen LogP contribution in [0.15, 0.2) is 28.9 Å². The van der Waals surface area contributed by atoms with Crippen molar-refractivity contribution in [3.8, 4) is 0 Å². The molecule has 0 aliphatic carbocycles. The van der Waals surface area contributed by atoms with Gasteiger partial charge >= 0.3 is 0 Å². The summed E-state index contributed by atoms with van der Waals surface area (Å²) in [5, 5.41) is 11.7. The van der Waals surface area contributed by atoms with Crippen molar-refractivity contribution in [1.29, 1.82) is 0 Å². The van der Waals surface area contributed by atoms with Gasteiger partial charge in [-0.15, -0.1) is 5.10 Å². The largest absolute Gasteiger partial charge is 0.469 e. The van der Waals surface area contributed by atoms with Crippen molar-refractivity contribution in [3.63, 3.8) is 0 Å². The topological polar surface area (TPSA) is 80.5 Å². The Morgan fingerprint density at radius 3 is 2.92 bits per heavy atom. The molecule has 1 amide bonds. The Morgan fingerprint density at radius 2 is 2.19 bits per heavy atom. The number of aromatic nitrogens is 2. The van der Waals surface area contributed by atoms with Gasteiger partial charge in [0.2, 0.25) is 0 Å². The highest BCUT2D eigenvalue weighted by molar-refractivity contribution is 5.95. The SMILES string of the molecule is Cc1ccc(N[C@@H]2CO[C@@]3(CCCN(C(=O)c4ccoc4C)C3)C2)nn1. The van der Waals surface area contributed by atoms with Crippen LogP contribution >= 0.6 is 0 Å². The molecule has 1 N–H and O–H groups in total. The average molecular weight is 356 g/mol. The first kappa shape index (κ1) is 17.0. The smallest absolute Gasteiger partial charge is 0.257 e. The maximum absolute atomic E-state index is 12.8. The molecule has 1 spiro atoms. The lowest BCUT2D eigenvalue weighted by Crippen LogP contribution is -2.50. The number of carbonyl (C=O) groups excluding carboxylic acids is 1. The number of piperidine rings is 1. The first-order valence-electron chi connectivity index (χ1n) is 9.09. The maximum atomic E-state index is 12.8. The summed E-state index contributed by atoms with van der Waals surface area (Å²) in [4.78, 5) is 14.7. The normalized spacial score (nSPS) is 25.6. The highest BCUT2D eigenvalue weighted by Gasteiger charge is 2.44. The van der Waals surface area contributed by atoms with E-state index in [1.807, 2.05) is 30.9 Å². The number of hydrogen-bond donors (Lipinski definition) is 1. The Hall–Kier alpha value is -2.41. The minimum Gasteiger partial charge on any atom is -0.469 e. The van der Waals surface area contributed by atoms with E-state index < -0.39 is 0 Å². The fourth-order valence-corrected chi connectivity index (χ4v) is 3.96. The molecular weight excluding hydrogens is 332 g/mol. The van der Waals surface area contributed by atoms with E-state index in [0.717, 1.165) is 37.3 Å². The molecule has 4 rings (SSSR count). The van der Waals surface area contributed by atoms with E-state index in [2.05, 4.69) is 15.5 Å². The number of anilines is 1. The second kappa shape index (κ2) is 6.72. The number of ether oxygens (including phenoxy) is 1. The zero-order valence-corrected chi connectivity index (χ0v) is 15.2. The minimum absolute atomic E-state index is 0.0275. The molecule has 2 saturated heterocycles. The number of likely N-dealkylation sites (tertiary alicyclic amines) is 1. The highest BCUT2D eigenvalue weighted by Crippen LogP contribution is 2.36. The van der Waals surface area contributed by atoms with Gasteiger partial charge in [0.1, 0.15) is 11.6 Å². The van der Waals surface area contributed by atoms with Crippen LogP contribution in [0.1, 0.15) is 41.1 Å². The lowest BCUT2D eigenvalue weighted by atomic mass is 9.88. The average Bonchev–Trinajstić information content (AvgIpc) is 3.23. The summed E-state index contributed by atoms with van der Waals surface area (Å²) in [5.41, 5.74) is 1.26. The molecule has 7 nitrogen and oxygen atoms in total. The number of aryl methyl sites for hydroxylation is 2. The fraction of sp³-hybridized carbons (Fsp3) is 0.526. The predicted molar refractivity (Wildman–Crippen MR) is 96.1 cm³/mol. The molecule has 7 heteroatoms. The van der Waals surface area contributed by atoms with Gasteiger partial charge < -0.3 is 19.4 Å². The summed E-state index contributed by atoms with van der Waals surface area (Å²) in [6.07, 6.45) is 4.34. The number of nitrogens with one attached hydrogen (secondary N) is 1. The lowest BCUT2D eigenvalue weighted by molar-refractivity contribution is -0.0447. The molecule has 0 aromatic carbocycles. The Balaban J connectivity index is 1.41. The number of furan rings is 1. The molecule has 2 fully saturated rings. The van der Waals surface area contributed by atoms with Gasteiger partial charge in [-0.25, -0.2) is 0 Å². The molecule has 4 heterocycles. The zero-order chi connectivity index (χ0) is 18.1. The quantitative estimate of drug-likeness (QED) is 0.910. The Kier molecular flexibility index (Phi) is 4.40. The van der Waals surface area contributed by atoms with Crippen LogP contribution in [0.25, 0.3) is 0 Å². The van der Waals surface area contributed by atoms with Crippen LogP contribution in [-0.2, 0) is 4.74 Å². The van der Waals surface area contributed by atoms with E-state index in [9.17, 15) is 4.79 Å². The van der Waals surface area contributed by atoms with Gasteiger partial charge in [0, 0.05) is 13.0 Å². The van der Waals surface area contributed by atoms with Crippen molar-refractivity contribution in [1.82, 2.24) is 15.1 Å². The van der Waals surface area contributed by atoms with Crippen LogP contribution < -0.4 is 5.32 Å². The number of nitrogens with zero attached hydrogens (tertiary/aromatic N) is 3. The first-order chi connectivity index (χ1) is 12.5. The Morgan fingerprint density at radius 1 is 1.31 bits per heavy atom. The van der Waals surface area contributed by atoms with Gasteiger partial charge in [-0.3, -0.25) is 4.79 Å². The Bertz CT molecular complexity index is 788. The lowest BCUT2D eigenvalue weighted by Gasteiger charge is -2.39. The van der Waals surface area contributed by atoms with Gasteiger partial charge in [-0.05, 0) is 44.9 Å². The summed E-state index contributed by atoms with van der Waals surface area (Å²) in [6, 6.07) is 5.80. The first-order valence-corrected chi connectivity index (χ1v) is 9.09. The molecule has 0 bridgehead atoms. The second-order valence-electron chi connectivity index (χ2n) is 7.32. The summed E-state index contributed by atoms with van der Waals surface area (Å²) in [7, 11) is 0. The standard InChI is InChI=1S/C19H24N4O3/c1-13-4-5-17(22-21-13)20-15-10-19(26-11-15)7-3-8-23(12-19)18(24)16-6-9-25-14(16)2/h4-6,9,15H,3,7-8,10-12H2,1-2H3,(H,20,22)/t15-,19-/m0/s1. The third-order valence-corrected chi connectivity index (χ3v) is 5.27. The van der Waals surface area contributed by atoms with E-state index in [1.165, 1.54) is 0 Å². The highest BCUT2D eigenvalue weighted by atomic mass is 16.5. The number of amides is 1. The molecule has 2 aliphatic heterocycles. The van der Waals surface area contributed by atoms with Gasteiger partial charge in [0.05, 0.1) is 42.3 Å². The van der Waals surface area contributed by atoms with Gasteiger partial charge in [0.15, 0.2) is 0 Å². The van der Waals surface area contributed by atoms with E-state index >= 15 is 0 Å². The van der Waals surface area contributed by atoms with Crippen molar-refractivity contribution >= 4 is 11.7 Å². The molecule has 0 unspecified atom stereocenters. The van der Waals surface area contributed by atoms with E-state index in [0.29, 0.717) is 24.5 Å².